The fourth-order valence-electron chi connectivity index (χ4n) is 2.92. The van der Waals surface area contributed by atoms with Crippen LogP contribution in [-0.4, -0.2) is 33.9 Å². The minimum atomic E-state index is -1.25. The van der Waals surface area contributed by atoms with Crippen LogP contribution in [-0.2, 0) is 16.1 Å². The summed E-state index contributed by atoms with van der Waals surface area (Å²) in [4.78, 5) is 37.3. The monoisotopic (exact) mass is 396 g/mol. The van der Waals surface area contributed by atoms with Gasteiger partial charge in [0.2, 0.25) is 0 Å². The van der Waals surface area contributed by atoms with E-state index < -0.39 is 24.3 Å². The van der Waals surface area contributed by atoms with Crippen LogP contribution in [0.5, 0.6) is 0 Å². The molecule has 1 aromatic carbocycles. The van der Waals surface area contributed by atoms with Gasteiger partial charge in [-0.05, 0) is 19.4 Å². The van der Waals surface area contributed by atoms with Crippen molar-refractivity contribution in [2.45, 2.75) is 46.1 Å². The first-order valence-corrected chi connectivity index (χ1v) is 9.55. The first-order valence-electron chi connectivity index (χ1n) is 9.55. The average Bonchev–Trinajstić information content (AvgIpc) is 2.71. The van der Waals surface area contributed by atoms with Crippen molar-refractivity contribution in [3.63, 3.8) is 0 Å². The van der Waals surface area contributed by atoms with Gasteiger partial charge in [-0.1, -0.05) is 44.4 Å². The Morgan fingerprint density at radius 3 is 2.55 bits per heavy atom. The van der Waals surface area contributed by atoms with Crippen molar-refractivity contribution in [3.8, 4) is 6.07 Å². The van der Waals surface area contributed by atoms with E-state index in [-0.39, 0.29) is 17.0 Å². The van der Waals surface area contributed by atoms with E-state index in [4.69, 9.17) is 15.4 Å². The number of ketones is 1. The Hall–Kier alpha value is -3.34. The number of hydrogen-bond donors (Lipinski definition) is 1. The zero-order valence-electron chi connectivity index (χ0n) is 16.6. The van der Waals surface area contributed by atoms with Crippen LogP contribution < -0.4 is 5.56 Å². The Morgan fingerprint density at radius 2 is 1.93 bits per heavy atom. The topological polar surface area (TPSA) is 126 Å². The number of carbonyl (C=O) groups is 2. The number of nitriles is 1. The number of benzene rings is 1. The molecule has 0 aliphatic carbocycles. The molecule has 0 amide bonds. The number of rotatable bonds is 10. The third-order valence-corrected chi connectivity index (χ3v) is 4.51. The molecule has 8 nitrogen and oxygen atoms in total. The van der Waals surface area contributed by atoms with Crippen molar-refractivity contribution in [1.29, 1.82) is 10.7 Å². The van der Waals surface area contributed by atoms with E-state index >= 15 is 0 Å². The molecule has 152 valence electrons. The lowest BCUT2D eigenvalue weighted by Crippen LogP contribution is -2.28. The normalized spacial score (nSPS) is 11.6. The number of unbranched alkanes of at least 4 members (excludes halogenated alkanes) is 3. The highest BCUT2D eigenvalue weighted by atomic mass is 16.5. The van der Waals surface area contributed by atoms with Gasteiger partial charge in [0, 0.05) is 17.6 Å². The van der Waals surface area contributed by atoms with Crippen molar-refractivity contribution < 1.29 is 14.3 Å². The molecule has 29 heavy (non-hydrogen) atoms. The second kappa shape index (κ2) is 10.3. The van der Waals surface area contributed by atoms with Gasteiger partial charge in [-0.15, -0.1) is 0 Å². The molecular formula is C21H24N4O4. The molecule has 0 saturated carbocycles. The molecule has 2 aromatic rings. The lowest BCUT2D eigenvalue weighted by atomic mass is 10.0. The highest BCUT2D eigenvalue weighted by Gasteiger charge is 2.23. The Morgan fingerprint density at radius 1 is 1.24 bits per heavy atom. The van der Waals surface area contributed by atoms with Crippen LogP contribution >= 0.6 is 0 Å². The number of aromatic nitrogens is 2. The summed E-state index contributed by atoms with van der Waals surface area (Å²) in [6, 6.07) is 8.32. The van der Waals surface area contributed by atoms with Crippen LogP contribution in [0, 0.1) is 22.7 Å². The van der Waals surface area contributed by atoms with Crippen LogP contribution in [0.4, 0.5) is 0 Å². The van der Waals surface area contributed by atoms with Crippen LogP contribution in [0.25, 0.3) is 10.8 Å². The molecule has 0 bridgehead atoms. The van der Waals surface area contributed by atoms with Gasteiger partial charge >= 0.3 is 5.97 Å². The molecule has 0 saturated heterocycles. The average molecular weight is 396 g/mol. The van der Waals surface area contributed by atoms with E-state index in [1.54, 1.807) is 30.3 Å². The molecular weight excluding hydrogens is 372 g/mol. The molecule has 1 aromatic heterocycles. The van der Waals surface area contributed by atoms with Gasteiger partial charge in [0.1, 0.15) is 5.92 Å². The number of fused-ring (bicyclic) bond motifs is 1. The highest BCUT2D eigenvalue weighted by Crippen LogP contribution is 2.15. The van der Waals surface area contributed by atoms with E-state index in [2.05, 4.69) is 12.0 Å². The van der Waals surface area contributed by atoms with Crippen LogP contribution in [0.15, 0.2) is 29.1 Å². The second-order valence-electron chi connectivity index (χ2n) is 6.77. The first kappa shape index (κ1) is 22.0. The van der Waals surface area contributed by atoms with Gasteiger partial charge in [-0.2, -0.15) is 10.4 Å². The largest absolute Gasteiger partial charge is 0.453 e. The van der Waals surface area contributed by atoms with Crippen molar-refractivity contribution in [3.05, 3.63) is 40.3 Å². The van der Waals surface area contributed by atoms with Gasteiger partial charge < -0.3 is 10.1 Å². The van der Waals surface area contributed by atoms with E-state index in [1.165, 1.54) is 11.6 Å². The number of esters is 1. The summed E-state index contributed by atoms with van der Waals surface area (Å²) in [6.07, 6.45) is 3.81. The minimum Gasteiger partial charge on any atom is -0.453 e. The van der Waals surface area contributed by atoms with Gasteiger partial charge in [0.25, 0.3) is 5.56 Å². The number of aryl methyl sites for hydroxylation is 1. The predicted molar refractivity (Wildman–Crippen MR) is 108 cm³/mol. The molecule has 0 spiro atoms. The van der Waals surface area contributed by atoms with Crippen molar-refractivity contribution in [1.82, 2.24) is 9.78 Å². The molecule has 0 unspecified atom stereocenters. The Labute approximate surface area is 168 Å². The SMILES string of the molecule is CCCCCCn1nc(C(=O)OCC(=O)[C@@H](C#N)C(C)=N)c2ccccc2c1=O. The van der Waals surface area contributed by atoms with Crippen LogP contribution in [0.3, 0.4) is 0 Å². The fraction of sp³-hybridized carbons (Fsp3) is 0.429. The van der Waals surface area contributed by atoms with E-state index in [1.807, 2.05) is 0 Å². The first-order chi connectivity index (χ1) is 13.9. The van der Waals surface area contributed by atoms with Gasteiger partial charge in [-0.25, -0.2) is 9.48 Å². The number of ether oxygens (including phenoxy) is 1. The van der Waals surface area contributed by atoms with E-state index in [0.29, 0.717) is 17.3 Å². The maximum absolute atomic E-state index is 12.7. The smallest absolute Gasteiger partial charge is 0.359 e. The zero-order chi connectivity index (χ0) is 21.4. The standard InChI is InChI=1S/C21H24N4O4/c1-3-4-5-8-11-25-20(27)16-10-7-6-9-15(16)19(24-25)21(28)29-13-18(26)17(12-22)14(2)23/h6-7,9-10,17,23H,3-5,8,11,13H2,1-2H3/t17-/m0/s1. The summed E-state index contributed by atoms with van der Waals surface area (Å²) in [6.45, 7) is 3.18. The quantitative estimate of drug-likeness (QED) is 0.374. The molecule has 1 heterocycles. The molecule has 2 rings (SSSR count). The fourth-order valence-corrected chi connectivity index (χ4v) is 2.92. The van der Waals surface area contributed by atoms with E-state index in [9.17, 15) is 14.4 Å². The molecule has 0 fully saturated rings. The highest BCUT2D eigenvalue weighted by molar-refractivity contribution is 6.07. The summed E-state index contributed by atoms with van der Waals surface area (Å²) in [5, 5.41) is 21.3. The Bertz CT molecular complexity index is 1020. The van der Waals surface area contributed by atoms with Crippen LogP contribution in [0.2, 0.25) is 0 Å². The van der Waals surface area contributed by atoms with Gasteiger partial charge in [0.15, 0.2) is 18.1 Å². The minimum absolute atomic E-state index is 0.0522. The molecule has 1 N–H and O–H groups in total. The van der Waals surface area contributed by atoms with Gasteiger partial charge in [-0.3, -0.25) is 9.59 Å². The third kappa shape index (κ3) is 5.35. The zero-order valence-corrected chi connectivity index (χ0v) is 16.6. The third-order valence-electron chi connectivity index (χ3n) is 4.51. The summed E-state index contributed by atoms with van der Waals surface area (Å²) >= 11 is 0. The number of hydrogen-bond acceptors (Lipinski definition) is 7. The second-order valence-corrected chi connectivity index (χ2v) is 6.77. The molecule has 0 radical (unpaired) electrons. The summed E-state index contributed by atoms with van der Waals surface area (Å²) in [5.74, 6) is -2.78. The van der Waals surface area contributed by atoms with Crippen LogP contribution in [0.1, 0.15) is 50.0 Å². The van der Waals surface area contributed by atoms with Crippen molar-refractivity contribution in [2.24, 2.45) is 5.92 Å². The Kier molecular flexibility index (Phi) is 7.78. The summed E-state index contributed by atoms with van der Waals surface area (Å²) in [5.41, 5.74) is -0.449. The predicted octanol–water partition coefficient (Wildman–Crippen LogP) is 2.88. The summed E-state index contributed by atoms with van der Waals surface area (Å²) in [7, 11) is 0. The maximum atomic E-state index is 12.7. The van der Waals surface area contributed by atoms with E-state index in [0.717, 1.165) is 25.7 Å². The number of Topliss-reactive ketones (excluding diaryl/α,β-unsaturated/α-hetero) is 1. The number of nitrogens with one attached hydrogen (secondary N) is 1. The Balaban J connectivity index is 2.28. The lowest BCUT2D eigenvalue weighted by molar-refractivity contribution is -0.122. The molecule has 8 heteroatoms. The van der Waals surface area contributed by atoms with Gasteiger partial charge in [0.05, 0.1) is 11.5 Å². The lowest BCUT2D eigenvalue weighted by Gasteiger charge is -2.11. The molecule has 0 aliphatic heterocycles. The maximum Gasteiger partial charge on any atom is 0.359 e. The van der Waals surface area contributed by atoms with Crippen molar-refractivity contribution >= 4 is 28.2 Å². The molecule has 0 aliphatic rings. The molecule has 1 atom stereocenters. The van der Waals surface area contributed by atoms with Crippen molar-refractivity contribution in [2.75, 3.05) is 6.61 Å². The number of nitrogens with zero attached hydrogens (tertiary/aromatic N) is 3. The summed E-state index contributed by atoms with van der Waals surface area (Å²) < 4.78 is 6.31. The number of carbonyl (C=O) groups excluding carboxylic acids is 2.